The summed E-state index contributed by atoms with van der Waals surface area (Å²) in [5, 5.41) is 0. The van der Waals surface area contributed by atoms with Crippen LogP contribution in [0.2, 0.25) is 0 Å². The molecule has 0 aliphatic rings. The highest BCUT2D eigenvalue weighted by atomic mass is 16.1. The van der Waals surface area contributed by atoms with Crippen molar-refractivity contribution >= 4 is 5.82 Å². The van der Waals surface area contributed by atoms with E-state index in [2.05, 4.69) is 9.97 Å². The first-order valence-corrected chi connectivity index (χ1v) is 5.44. The fourth-order valence-electron chi connectivity index (χ4n) is 1.57. The first-order chi connectivity index (χ1) is 7.03. The molecule has 3 N–H and O–H groups in total. The van der Waals surface area contributed by atoms with Gasteiger partial charge in [0.15, 0.2) is 0 Å². The zero-order chi connectivity index (χ0) is 12.7. The third-order valence-corrected chi connectivity index (χ3v) is 2.41. The van der Waals surface area contributed by atoms with Gasteiger partial charge in [-0.15, -0.1) is 0 Å². The predicted octanol–water partition coefficient (Wildman–Crippen LogP) is 1.95. The van der Waals surface area contributed by atoms with Crippen LogP contribution in [0.3, 0.4) is 0 Å². The summed E-state index contributed by atoms with van der Waals surface area (Å²) in [7, 11) is 0. The average molecular weight is 223 g/mol. The Morgan fingerprint density at radius 1 is 1.06 bits per heavy atom. The quantitative estimate of drug-likeness (QED) is 0.706. The summed E-state index contributed by atoms with van der Waals surface area (Å²) in [6.07, 6.45) is 0. The molecule has 0 fully saturated rings. The van der Waals surface area contributed by atoms with E-state index in [0.717, 1.165) is 0 Å². The van der Waals surface area contributed by atoms with Crippen molar-refractivity contribution in [2.75, 3.05) is 5.73 Å². The van der Waals surface area contributed by atoms with Crippen molar-refractivity contribution < 1.29 is 0 Å². The highest BCUT2D eigenvalue weighted by molar-refractivity contribution is 5.42. The summed E-state index contributed by atoms with van der Waals surface area (Å²) in [5.74, 6) is 0.962. The molecule has 0 aliphatic heterocycles. The smallest absolute Gasteiger partial charge is 0.256 e. The van der Waals surface area contributed by atoms with Crippen LogP contribution < -0.4 is 11.3 Å². The van der Waals surface area contributed by atoms with E-state index in [-0.39, 0.29) is 16.4 Å². The number of nitrogens with one attached hydrogen (secondary N) is 1. The first kappa shape index (κ1) is 12.7. The lowest BCUT2D eigenvalue weighted by atomic mass is 9.87. The second-order valence-corrected chi connectivity index (χ2v) is 6.17. The molecule has 1 heterocycles. The first-order valence-electron chi connectivity index (χ1n) is 5.44. The minimum absolute atomic E-state index is 0.134. The summed E-state index contributed by atoms with van der Waals surface area (Å²) in [5.41, 5.74) is 5.80. The van der Waals surface area contributed by atoms with Crippen molar-refractivity contribution in [1.29, 1.82) is 0 Å². The normalized spacial score (nSPS) is 12.9. The van der Waals surface area contributed by atoms with E-state index in [1.807, 2.05) is 41.5 Å². The van der Waals surface area contributed by atoms with Crippen LogP contribution in [0.5, 0.6) is 0 Å². The van der Waals surface area contributed by atoms with Gasteiger partial charge in [-0.1, -0.05) is 41.5 Å². The highest BCUT2D eigenvalue weighted by Gasteiger charge is 2.25. The lowest BCUT2D eigenvalue weighted by Crippen LogP contribution is -2.31. The van der Waals surface area contributed by atoms with E-state index in [9.17, 15) is 4.79 Å². The van der Waals surface area contributed by atoms with Crippen LogP contribution in [0, 0.1) is 0 Å². The van der Waals surface area contributed by atoms with Crippen LogP contribution in [-0.2, 0) is 10.8 Å². The zero-order valence-corrected chi connectivity index (χ0v) is 10.9. The largest absolute Gasteiger partial charge is 0.383 e. The minimum atomic E-state index is -0.291. The summed E-state index contributed by atoms with van der Waals surface area (Å²) in [6, 6.07) is 0. The molecule has 0 aliphatic carbocycles. The zero-order valence-electron chi connectivity index (χ0n) is 10.9. The van der Waals surface area contributed by atoms with Crippen molar-refractivity contribution in [3.8, 4) is 0 Å². The topological polar surface area (TPSA) is 71.8 Å². The minimum Gasteiger partial charge on any atom is -0.383 e. The fourth-order valence-corrected chi connectivity index (χ4v) is 1.57. The maximum Gasteiger partial charge on any atom is 0.256 e. The van der Waals surface area contributed by atoms with Gasteiger partial charge in [0.1, 0.15) is 11.6 Å². The molecule has 0 aromatic carbocycles. The van der Waals surface area contributed by atoms with E-state index >= 15 is 0 Å². The van der Waals surface area contributed by atoms with Gasteiger partial charge < -0.3 is 10.7 Å². The Labute approximate surface area is 96.3 Å². The molecule has 0 unspecified atom stereocenters. The van der Waals surface area contributed by atoms with Gasteiger partial charge in [-0.05, 0) is 5.41 Å². The molecule has 16 heavy (non-hydrogen) atoms. The number of anilines is 1. The van der Waals surface area contributed by atoms with Crippen LogP contribution in [0.25, 0.3) is 0 Å². The van der Waals surface area contributed by atoms with Crippen LogP contribution in [0.1, 0.15) is 52.9 Å². The molecule has 4 heteroatoms. The SMILES string of the molecule is CC(C)(C)c1nc(N)c(C(C)(C)C)c(=O)[nH]1. The summed E-state index contributed by atoms with van der Waals surface area (Å²) in [4.78, 5) is 19.1. The Morgan fingerprint density at radius 3 is 1.88 bits per heavy atom. The van der Waals surface area contributed by atoms with E-state index in [1.54, 1.807) is 0 Å². The van der Waals surface area contributed by atoms with Crippen molar-refractivity contribution in [3.05, 3.63) is 21.7 Å². The average Bonchev–Trinajstić information content (AvgIpc) is 1.97. The number of nitrogens with two attached hydrogens (primary N) is 1. The number of nitrogen functional groups attached to an aromatic ring is 1. The number of aromatic nitrogens is 2. The Morgan fingerprint density at radius 2 is 1.56 bits per heavy atom. The third kappa shape index (κ3) is 2.43. The second-order valence-electron chi connectivity index (χ2n) is 6.17. The Bertz CT molecular complexity index is 447. The summed E-state index contributed by atoms with van der Waals surface area (Å²) < 4.78 is 0. The van der Waals surface area contributed by atoms with Gasteiger partial charge in [0.05, 0.1) is 5.56 Å². The molecule has 0 radical (unpaired) electrons. The molecule has 1 rings (SSSR count). The van der Waals surface area contributed by atoms with E-state index < -0.39 is 0 Å². The number of hydrogen-bond donors (Lipinski definition) is 2. The van der Waals surface area contributed by atoms with E-state index in [0.29, 0.717) is 17.2 Å². The molecular formula is C12H21N3O. The van der Waals surface area contributed by atoms with Crippen LogP contribution in [0.4, 0.5) is 5.82 Å². The number of H-pyrrole nitrogens is 1. The predicted molar refractivity (Wildman–Crippen MR) is 66.7 cm³/mol. The molecule has 90 valence electrons. The van der Waals surface area contributed by atoms with Gasteiger partial charge in [-0.3, -0.25) is 4.79 Å². The van der Waals surface area contributed by atoms with Crippen molar-refractivity contribution in [1.82, 2.24) is 9.97 Å². The molecule has 0 saturated carbocycles. The summed E-state index contributed by atoms with van der Waals surface area (Å²) in [6.45, 7) is 11.8. The number of aromatic amines is 1. The maximum absolute atomic E-state index is 12.0. The Kier molecular flexibility index (Phi) is 2.88. The van der Waals surface area contributed by atoms with Gasteiger partial charge in [-0.25, -0.2) is 4.98 Å². The van der Waals surface area contributed by atoms with Crippen molar-refractivity contribution in [3.63, 3.8) is 0 Å². The molecule has 0 spiro atoms. The van der Waals surface area contributed by atoms with Crippen molar-refractivity contribution in [2.45, 2.75) is 52.4 Å². The van der Waals surface area contributed by atoms with Gasteiger partial charge in [0.2, 0.25) is 0 Å². The number of rotatable bonds is 0. The molecule has 4 nitrogen and oxygen atoms in total. The standard InChI is InChI=1S/C12H21N3O/c1-11(2,3)7-8(13)14-10(12(4,5)6)15-9(7)16/h1-6H3,(H3,13,14,15,16). The summed E-state index contributed by atoms with van der Waals surface area (Å²) >= 11 is 0. The van der Waals surface area contributed by atoms with Crippen LogP contribution in [0.15, 0.2) is 4.79 Å². The monoisotopic (exact) mass is 223 g/mol. The van der Waals surface area contributed by atoms with E-state index in [1.165, 1.54) is 0 Å². The molecular weight excluding hydrogens is 202 g/mol. The van der Waals surface area contributed by atoms with Gasteiger partial charge in [-0.2, -0.15) is 0 Å². The van der Waals surface area contributed by atoms with Crippen molar-refractivity contribution in [2.24, 2.45) is 0 Å². The third-order valence-electron chi connectivity index (χ3n) is 2.41. The number of nitrogens with zero attached hydrogens (tertiary/aromatic N) is 1. The fraction of sp³-hybridized carbons (Fsp3) is 0.667. The molecule has 0 saturated heterocycles. The van der Waals surface area contributed by atoms with Gasteiger partial charge >= 0.3 is 0 Å². The Hall–Kier alpha value is -1.32. The second kappa shape index (κ2) is 3.61. The van der Waals surface area contributed by atoms with Gasteiger partial charge in [0.25, 0.3) is 5.56 Å². The maximum atomic E-state index is 12.0. The highest BCUT2D eigenvalue weighted by Crippen LogP contribution is 2.25. The molecule has 0 atom stereocenters. The number of hydrogen-bond acceptors (Lipinski definition) is 3. The molecule has 0 bridgehead atoms. The molecule has 0 amide bonds. The Balaban J connectivity index is 3.47. The van der Waals surface area contributed by atoms with Crippen LogP contribution in [-0.4, -0.2) is 9.97 Å². The molecule has 1 aromatic heterocycles. The van der Waals surface area contributed by atoms with Crippen LogP contribution >= 0.6 is 0 Å². The lowest BCUT2D eigenvalue weighted by molar-refractivity contribution is 0.529. The van der Waals surface area contributed by atoms with E-state index in [4.69, 9.17) is 5.73 Å². The lowest BCUT2D eigenvalue weighted by Gasteiger charge is -2.23. The van der Waals surface area contributed by atoms with Gasteiger partial charge in [0, 0.05) is 5.41 Å². The molecule has 1 aromatic rings.